The Labute approximate surface area is 342 Å². The summed E-state index contributed by atoms with van der Waals surface area (Å²) >= 11 is 0. The molecule has 0 N–H and O–H groups in total. The van der Waals surface area contributed by atoms with E-state index in [2.05, 4.69) is 141 Å². The summed E-state index contributed by atoms with van der Waals surface area (Å²) in [5, 5.41) is 7.43. The number of methoxy groups -OCH3 is 1. The molecule has 0 radical (unpaired) electrons. The monoisotopic (exact) mass is 915 g/mol. The van der Waals surface area contributed by atoms with Crippen molar-refractivity contribution in [3.05, 3.63) is 113 Å². The fourth-order valence-corrected chi connectivity index (χ4v) is 8.66. The quantitative estimate of drug-likeness (QED) is 0.123. The molecule has 0 bridgehead atoms. The third kappa shape index (κ3) is 7.69. The van der Waals surface area contributed by atoms with Gasteiger partial charge in [0, 0.05) is 46.5 Å². The van der Waals surface area contributed by atoms with Crippen LogP contribution in [0.5, 0.6) is 17.2 Å². The largest absolute Gasteiger partial charge is 2.00 e. The summed E-state index contributed by atoms with van der Waals surface area (Å²) in [7, 11) is 1.67. The van der Waals surface area contributed by atoms with Crippen molar-refractivity contribution in [3.63, 3.8) is 0 Å². The van der Waals surface area contributed by atoms with Crippen LogP contribution in [0.2, 0.25) is 0 Å². The molecule has 55 heavy (non-hydrogen) atoms. The number of nitrogens with zero attached hydrogens (tertiary/aromatic N) is 4. The zero-order valence-electron chi connectivity index (χ0n) is 34.8. The van der Waals surface area contributed by atoms with Crippen molar-refractivity contribution in [2.24, 2.45) is 28.1 Å². The van der Waals surface area contributed by atoms with Crippen molar-refractivity contribution in [1.82, 2.24) is 19.3 Å². The van der Waals surface area contributed by atoms with Gasteiger partial charge >= 0.3 is 21.1 Å². The first-order chi connectivity index (χ1) is 25.3. The predicted octanol–water partition coefficient (Wildman–Crippen LogP) is 12.5. The Hall–Kier alpha value is -4.15. The van der Waals surface area contributed by atoms with E-state index in [9.17, 15) is 0 Å². The molecule has 7 rings (SSSR count). The van der Waals surface area contributed by atoms with Gasteiger partial charge in [-0.25, -0.2) is 4.98 Å². The van der Waals surface area contributed by atoms with E-state index >= 15 is 0 Å². The van der Waals surface area contributed by atoms with Crippen LogP contribution in [0.3, 0.4) is 0 Å². The van der Waals surface area contributed by atoms with Crippen LogP contribution in [-0.4, -0.2) is 26.4 Å². The summed E-state index contributed by atoms with van der Waals surface area (Å²) in [6.45, 7) is 28.1. The Bertz CT molecular complexity index is 2400. The summed E-state index contributed by atoms with van der Waals surface area (Å²) in [6.07, 6.45) is 5.55. The van der Waals surface area contributed by atoms with Crippen LogP contribution < -0.4 is 9.47 Å². The molecule has 0 saturated carbocycles. The summed E-state index contributed by atoms with van der Waals surface area (Å²) in [5.74, 6) is 3.95. The smallest absolute Gasteiger partial charge is 0.509 e. The molecule has 0 saturated heterocycles. The van der Waals surface area contributed by atoms with E-state index in [0.29, 0.717) is 23.3 Å². The van der Waals surface area contributed by atoms with Crippen LogP contribution in [0.1, 0.15) is 97.2 Å². The van der Waals surface area contributed by atoms with E-state index in [1.165, 1.54) is 11.1 Å². The minimum atomic E-state index is 0. The number of benzene rings is 3. The summed E-state index contributed by atoms with van der Waals surface area (Å²) < 4.78 is 16.3. The predicted molar refractivity (Wildman–Crippen MR) is 221 cm³/mol. The first-order valence-corrected chi connectivity index (χ1v) is 19.3. The zero-order chi connectivity index (χ0) is 38.9. The van der Waals surface area contributed by atoms with Gasteiger partial charge in [-0.2, -0.15) is 16.7 Å². The van der Waals surface area contributed by atoms with E-state index in [1.807, 2.05) is 30.3 Å². The second kappa shape index (κ2) is 14.7. The van der Waals surface area contributed by atoms with Crippen molar-refractivity contribution < 1.29 is 30.5 Å². The van der Waals surface area contributed by atoms with Crippen LogP contribution in [0.25, 0.3) is 33.3 Å². The van der Waals surface area contributed by atoms with Crippen molar-refractivity contribution >= 4 is 21.8 Å². The molecule has 1 aliphatic rings. The van der Waals surface area contributed by atoms with Crippen LogP contribution in [0, 0.1) is 61.0 Å². The molecule has 290 valence electrons. The van der Waals surface area contributed by atoms with Gasteiger partial charge in [0.25, 0.3) is 0 Å². The fourth-order valence-electron chi connectivity index (χ4n) is 8.66. The Kier molecular flexibility index (Phi) is 10.9. The minimum absolute atomic E-state index is 0. The summed E-state index contributed by atoms with van der Waals surface area (Å²) in [6, 6.07) is 27.6. The Balaban J connectivity index is 0.00000514. The van der Waals surface area contributed by atoms with Crippen LogP contribution in [0.15, 0.2) is 78.5 Å². The van der Waals surface area contributed by atoms with Crippen molar-refractivity contribution in [2.75, 3.05) is 7.11 Å². The third-order valence-electron chi connectivity index (χ3n) is 11.5. The summed E-state index contributed by atoms with van der Waals surface area (Å²) in [5.41, 5.74) is 9.28. The number of pyridine rings is 1. The number of allylic oxidation sites excluding steroid dienone is 2. The Morgan fingerprint density at radius 3 is 2.20 bits per heavy atom. The molecule has 3 aromatic heterocycles. The van der Waals surface area contributed by atoms with E-state index in [-0.39, 0.29) is 43.2 Å². The number of fused-ring (bicyclic) bond motifs is 3. The number of aryl methyl sites for hydroxylation is 2. The van der Waals surface area contributed by atoms with Gasteiger partial charge in [0.15, 0.2) is 0 Å². The van der Waals surface area contributed by atoms with E-state index in [1.54, 1.807) is 13.3 Å². The standard InChI is InChI=1S/C48H56N4O2.Pt/c1-29-22-33(52-31(3)44(30(2)50-52)45-39(47(7,8)9)24-32(46(4,5)6)25-40(45)48(10,11)12)26-36(23-29)54-35-18-19-38-37-16-14-15-17-41(37)51(42(38)27-35)43-28-34(53-13)20-21-49-43;/h14-24,28,32,40,45H,25H2,1-13H3;/q-2;+2/t32-,40-,45?;/m0./s1. The van der Waals surface area contributed by atoms with Gasteiger partial charge in [0.05, 0.1) is 12.8 Å². The molecule has 6 nitrogen and oxygen atoms in total. The topological polar surface area (TPSA) is 54.1 Å². The number of para-hydroxylation sites is 1. The first kappa shape index (κ1) is 40.5. The van der Waals surface area contributed by atoms with Gasteiger partial charge in [-0.05, 0) is 71.6 Å². The van der Waals surface area contributed by atoms with Crippen LogP contribution >= 0.6 is 0 Å². The maximum Gasteiger partial charge on any atom is 2.00 e. The Morgan fingerprint density at radius 2 is 1.53 bits per heavy atom. The van der Waals surface area contributed by atoms with Crippen LogP contribution in [-0.2, 0) is 21.1 Å². The summed E-state index contributed by atoms with van der Waals surface area (Å²) in [4.78, 5) is 4.70. The first-order valence-electron chi connectivity index (χ1n) is 19.3. The van der Waals surface area contributed by atoms with Gasteiger partial charge in [0.2, 0.25) is 0 Å². The number of rotatable bonds is 6. The molecule has 1 unspecified atom stereocenters. The van der Waals surface area contributed by atoms with E-state index < -0.39 is 0 Å². The van der Waals surface area contributed by atoms with Gasteiger partial charge in [-0.3, -0.25) is 4.68 Å². The molecule has 0 aliphatic heterocycles. The molecule has 3 aromatic carbocycles. The second-order valence-corrected chi connectivity index (χ2v) is 18.5. The minimum Gasteiger partial charge on any atom is -0.509 e. The van der Waals surface area contributed by atoms with E-state index in [4.69, 9.17) is 19.6 Å². The average molecular weight is 916 g/mol. The van der Waals surface area contributed by atoms with Crippen LogP contribution in [0.4, 0.5) is 0 Å². The maximum absolute atomic E-state index is 6.60. The Morgan fingerprint density at radius 1 is 0.800 bits per heavy atom. The molecule has 7 heteroatoms. The average Bonchev–Trinajstić information content (AvgIpc) is 3.58. The molecular formula is C48H56N4O2Pt. The normalized spacial score (nSPS) is 18.0. The second-order valence-electron chi connectivity index (χ2n) is 18.5. The fraction of sp³-hybridized carbons (Fsp3) is 0.417. The van der Waals surface area contributed by atoms with Crippen molar-refractivity contribution in [3.8, 4) is 28.8 Å². The van der Waals surface area contributed by atoms with Gasteiger partial charge in [0.1, 0.15) is 11.6 Å². The molecule has 3 atom stereocenters. The van der Waals surface area contributed by atoms with Gasteiger partial charge in [-0.15, -0.1) is 35.7 Å². The van der Waals surface area contributed by atoms with E-state index in [0.717, 1.165) is 62.4 Å². The maximum atomic E-state index is 6.60. The molecule has 3 heterocycles. The molecule has 6 aromatic rings. The molecular weight excluding hydrogens is 860 g/mol. The number of ether oxygens (including phenoxy) is 2. The molecule has 0 amide bonds. The third-order valence-corrected chi connectivity index (χ3v) is 11.5. The van der Waals surface area contributed by atoms with Crippen molar-refractivity contribution in [1.29, 1.82) is 0 Å². The molecule has 0 spiro atoms. The number of hydrogen-bond donors (Lipinski definition) is 0. The van der Waals surface area contributed by atoms with Gasteiger partial charge in [-0.1, -0.05) is 105 Å². The van der Waals surface area contributed by atoms with Gasteiger partial charge < -0.3 is 14.0 Å². The molecule has 0 fully saturated rings. The number of aromatic nitrogens is 4. The number of hydrogen-bond acceptors (Lipinski definition) is 4. The van der Waals surface area contributed by atoms with Crippen molar-refractivity contribution in [2.45, 2.75) is 95.4 Å². The molecule has 1 aliphatic carbocycles. The SMILES string of the molecule is COc1ccnc(-n2c3[c-]c(Oc4[c-]c(-n5nc(C)c(C6C(C(C)(C)C)=C[C@H](C(C)(C)C)C[C@@H]6C(C)(C)C)c5C)cc(C)c4)ccc3c3ccccc32)c1.[Pt+2]. The zero-order valence-corrected chi connectivity index (χ0v) is 37.1.